The van der Waals surface area contributed by atoms with Crippen LogP contribution in [0, 0.1) is 5.92 Å². The Morgan fingerprint density at radius 3 is 2.76 bits per heavy atom. The largest absolute Gasteiger partial charge is 0.477 e. The Balaban J connectivity index is 2.65. The first kappa shape index (κ1) is 13.2. The van der Waals surface area contributed by atoms with Gasteiger partial charge in [0.15, 0.2) is 5.69 Å². The lowest BCUT2D eigenvalue weighted by atomic mass is 10.1. The second kappa shape index (κ2) is 5.98. The number of aromatic carboxylic acids is 1. The molecule has 1 aromatic heterocycles. The minimum absolute atomic E-state index is 0.0775. The number of pyridine rings is 1. The predicted octanol–water partition coefficient (Wildman–Crippen LogP) is 2.15. The number of hydrogen-bond acceptors (Lipinski definition) is 3. The molecule has 5 heteroatoms. The van der Waals surface area contributed by atoms with E-state index in [-0.39, 0.29) is 17.4 Å². The number of rotatable bonds is 5. The molecule has 5 nitrogen and oxygen atoms in total. The molecule has 0 aromatic carbocycles. The third-order valence-electron chi connectivity index (χ3n) is 2.47. The number of aromatic nitrogens is 1. The quantitative estimate of drug-likeness (QED) is 0.821. The van der Waals surface area contributed by atoms with E-state index in [2.05, 4.69) is 10.3 Å². The fourth-order valence-electron chi connectivity index (χ4n) is 1.28. The average Bonchev–Trinajstić information content (AvgIpc) is 2.28. The van der Waals surface area contributed by atoms with E-state index in [1.54, 1.807) is 12.1 Å². The van der Waals surface area contributed by atoms with Crippen molar-refractivity contribution in [3.63, 3.8) is 0 Å². The summed E-state index contributed by atoms with van der Waals surface area (Å²) < 4.78 is 0. The van der Waals surface area contributed by atoms with Crippen molar-refractivity contribution < 1.29 is 14.7 Å². The molecule has 17 heavy (non-hydrogen) atoms. The molecule has 1 rings (SSSR count). The van der Waals surface area contributed by atoms with Crippen LogP contribution in [0.15, 0.2) is 18.2 Å². The van der Waals surface area contributed by atoms with Gasteiger partial charge < -0.3 is 10.4 Å². The highest BCUT2D eigenvalue weighted by atomic mass is 16.4. The molecule has 1 heterocycles. The normalized spacial score (nSPS) is 11.9. The smallest absolute Gasteiger partial charge is 0.354 e. The van der Waals surface area contributed by atoms with Gasteiger partial charge in [-0.05, 0) is 18.1 Å². The summed E-state index contributed by atoms with van der Waals surface area (Å²) in [5, 5.41) is 11.3. The van der Waals surface area contributed by atoms with Gasteiger partial charge >= 0.3 is 5.97 Å². The second-order valence-electron chi connectivity index (χ2n) is 3.98. The van der Waals surface area contributed by atoms with Crippen molar-refractivity contribution in [3.05, 3.63) is 23.9 Å². The van der Waals surface area contributed by atoms with Gasteiger partial charge in [-0.25, -0.2) is 9.78 Å². The maximum Gasteiger partial charge on any atom is 0.354 e. The van der Waals surface area contributed by atoms with E-state index in [9.17, 15) is 9.59 Å². The molecule has 92 valence electrons. The Labute approximate surface area is 99.9 Å². The molecule has 0 saturated carbocycles. The zero-order chi connectivity index (χ0) is 12.8. The zero-order valence-electron chi connectivity index (χ0n) is 9.93. The maximum atomic E-state index is 11.6. The highest BCUT2D eigenvalue weighted by molar-refractivity contribution is 5.91. The summed E-state index contributed by atoms with van der Waals surface area (Å²) in [4.78, 5) is 26.1. The molecule has 0 fully saturated rings. The molecule has 0 aliphatic rings. The Hall–Kier alpha value is -1.91. The zero-order valence-corrected chi connectivity index (χ0v) is 9.93. The van der Waals surface area contributed by atoms with Gasteiger partial charge in [0.2, 0.25) is 5.91 Å². The van der Waals surface area contributed by atoms with E-state index in [0.29, 0.717) is 12.3 Å². The van der Waals surface area contributed by atoms with Gasteiger partial charge in [-0.2, -0.15) is 0 Å². The van der Waals surface area contributed by atoms with Gasteiger partial charge in [0.05, 0.1) is 0 Å². The van der Waals surface area contributed by atoms with E-state index in [4.69, 9.17) is 5.11 Å². The van der Waals surface area contributed by atoms with Crippen LogP contribution < -0.4 is 5.32 Å². The Bertz CT molecular complexity index is 418. The van der Waals surface area contributed by atoms with E-state index >= 15 is 0 Å². The average molecular weight is 236 g/mol. The number of anilines is 1. The van der Waals surface area contributed by atoms with Crippen LogP contribution in [0.2, 0.25) is 0 Å². The molecule has 0 aliphatic carbocycles. The molecule has 1 unspecified atom stereocenters. The number of nitrogens with one attached hydrogen (secondary N) is 1. The van der Waals surface area contributed by atoms with Crippen LogP contribution in [-0.4, -0.2) is 22.0 Å². The van der Waals surface area contributed by atoms with Crippen molar-refractivity contribution in [3.8, 4) is 0 Å². The van der Waals surface area contributed by atoms with E-state index in [0.717, 1.165) is 6.42 Å². The third kappa shape index (κ3) is 4.22. The van der Waals surface area contributed by atoms with Crippen LogP contribution >= 0.6 is 0 Å². The summed E-state index contributed by atoms with van der Waals surface area (Å²) in [6.07, 6.45) is 1.34. The van der Waals surface area contributed by atoms with Crippen molar-refractivity contribution in [2.24, 2.45) is 5.92 Å². The molecular weight excluding hydrogens is 220 g/mol. The number of nitrogens with zero attached hydrogens (tertiary/aromatic N) is 1. The van der Waals surface area contributed by atoms with Gasteiger partial charge in [0.25, 0.3) is 0 Å². The minimum atomic E-state index is -1.11. The molecule has 0 radical (unpaired) electrons. The predicted molar refractivity (Wildman–Crippen MR) is 63.9 cm³/mol. The summed E-state index contributed by atoms with van der Waals surface area (Å²) in [5.74, 6) is -0.673. The highest BCUT2D eigenvalue weighted by Gasteiger charge is 2.10. The molecule has 1 atom stereocenters. The van der Waals surface area contributed by atoms with Crippen LogP contribution in [0.4, 0.5) is 5.82 Å². The summed E-state index contributed by atoms with van der Waals surface area (Å²) in [5.41, 5.74) is -0.0775. The number of hydrogen-bond donors (Lipinski definition) is 2. The van der Waals surface area contributed by atoms with Gasteiger partial charge in [-0.3, -0.25) is 4.79 Å². The SMILES string of the molecule is CCC(C)CC(=O)Nc1cccc(C(=O)O)n1. The molecule has 0 aliphatic heterocycles. The summed E-state index contributed by atoms with van der Waals surface area (Å²) >= 11 is 0. The molecule has 1 amide bonds. The van der Waals surface area contributed by atoms with Crippen LogP contribution in [0.1, 0.15) is 37.2 Å². The lowest BCUT2D eigenvalue weighted by Gasteiger charge is -2.08. The summed E-state index contributed by atoms with van der Waals surface area (Å²) in [6.45, 7) is 4.00. The van der Waals surface area contributed by atoms with Crippen molar-refractivity contribution in [2.75, 3.05) is 5.32 Å². The van der Waals surface area contributed by atoms with E-state index < -0.39 is 5.97 Å². The van der Waals surface area contributed by atoms with Crippen molar-refractivity contribution in [2.45, 2.75) is 26.7 Å². The lowest BCUT2D eigenvalue weighted by Crippen LogP contribution is -2.16. The van der Waals surface area contributed by atoms with E-state index in [1.807, 2.05) is 13.8 Å². The first-order valence-corrected chi connectivity index (χ1v) is 5.53. The summed E-state index contributed by atoms with van der Waals surface area (Å²) in [6, 6.07) is 4.50. The van der Waals surface area contributed by atoms with Crippen LogP contribution in [-0.2, 0) is 4.79 Å². The number of carboxylic acid groups (broad SMARTS) is 1. The number of amides is 1. The molecular formula is C12H16N2O3. The number of carboxylic acids is 1. The first-order chi connectivity index (χ1) is 8.02. The highest BCUT2D eigenvalue weighted by Crippen LogP contribution is 2.10. The second-order valence-corrected chi connectivity index (χ2v) is 3.98. The van der Waals surface area contributed by atoms with Crippen molar-refractivity contribution in [1.29, 1.82) is 0 Å². The molecule has 0 spiro atoms. The van der Waals surface area contributed by atoms with Crippen LogP contribution in [0.5, 0.6) is 0 Å². The van der Waals surface area contributed by atoms with Crippen molar-refractivity contribution in [1.82, 2.24) is 4.98 Å². The molecule has 1 aromatic rings. The fraction of sp³-hybridized carbons (Fsp3) is 0.417. The van der Waals surface area contributed by atoms with Gasteiger partial charge in [-0.1, -0.05) is 26.3 Å². The Kier molecular flexibility index (Phi) is 4.63. The van der Waals surface area contributed by atoms with Gasteiger partial charge in [-0.15, -0.1) is 0 Å². The minimum Gasteiger partial charge on any atom is -0.477 e. The van der Waals surface area contributed by atoms with Crippen molar-refractivity contribution >= 4 is 17.7 Å². The fourth-order valence-corrected chi connectivity index (χ4v) is 1.28. The monoisotopic (exact) mass is 236 g/mol. The first-order valence-electron chi connectivity index (χ1n) is 5.53. The summed E-state index contributed by atoms with van der Waals surface area (Å²) in [7, 11) is 0. The topological polar surface area (TPSA) is 79.3 Å². The van der Waals surface area contributed by atoms with Gasteiger partial charge in [0, 0.05) is 6.42 Å². The standard InChI is InChI=1S/C12H16N2O3/c1-3-8(2)7-11(15)14-10-6-4-5-9(13-10)12(16)17/h4-6,8H,3,7H2,1-2H3,(H,16,17)(H,13,14,15). The Morgan fingerprint density at radius 1 is 1.47 bits per heavy atom. The molecule has 2 N–H and O–H groups in total. The number of carbonyl (C=O) groups excluding carboxylic acids is 1. The maximum absolute atomic E-state index is 11.6. The third-order valence-corrected chi connectivity index (χ3v) is 2.47. The van der Waals surface area contributed by atoms with Gasteiger partial charge in [0.1, 0.15) is 5.82 Å². The lowest BCUT2D eigenvalue weighted by molar-refractivity contribution is -0.117. The Morgan fingerprint density at radius 2 is 2.18 bits per heavy atom. The molecule has 0 saturated heterocycles. The van der Waals surface area contributed by atoms with Crippen LogP contribution in [0.25, 0.3) is 0 Å². The van der Waals surface area contributed by atoms with Crippen LogP contribution in [0.3, 0.4) is 0 Å². The number of carbonyl (C=O) groups is 2. The van der Waals surface area contributed by atoms with E-state index in [1.165, 1.54) is 6.07 Å². The molecule has 0 bridgehead atoms.